The van der Waals surface area contributed by atoms with Crippen LogP contribution >= 0.6 is 0 Å². The lowest BCUT2D eigenvalue weighted by Crippen LogP contribution is -2.48. The molecule has 0 radical (unpaired) electrons. The van der Waals surface area contributed by atoms with Gasteiger partial charge in [-0.25, -0.2) is 4.79 Å². The van der Waals surface area contributed by atoms with E-state index in [1.54, 1.807) is 60.2 Å². The molecule has 2 aromatic carbocycles. The molecule has 4 amide bonds. The second-order valence-corrected chi connectivity index (χ2v) is 13.3. The van der Waals surface area contributed by atoms with Crippen LogP contribution in [0.1, 0.15) is 63.2 Å². The maximum atomic E-state index is 14.3. The number of aliphatic hydroxyl groups is 1. The number of nitrogens with zero attached hydrogens (tertiary/aromatic N) is 3. The number of carbonyl (C=O) groups excluding carboxylic acids is 3. The van der Waals surface area contributed by atoms with Gasteiger partial charge < -0.3 is 49.4 Å². The fourth-order valence-electron chi connectivity index (χ4n) is 5.79. The number of urea groups is 1. The normalized spacial score (nSPS) is 20.5. The minimum atomic E-state index is -0.523. The molecule has 49 heavy (non-hydrogen) atoms. The lowest BCUT2D eigenvalue weighted by atomic mass is 10.0. The summed E-state index contributed by atoms with van der Waals surface area (Å²) in [5, 5.41) is 16.1. The van der Waals surface area contributed by atoms with E-state index in [9.17, 15) is 19.5 Å². The van der Waals surface area contributed by atoms with Gasteiger partial charge in [0.15, 0.2) is 11.5 Å². The number of likely N-dealkylation sites (N-methyl/N-ethyl adjacent to an activating group) is 1. The van der Waals surface area contributed by atoms with E-state index >= 15 is 0 Å². The second kappa shape index (κ2) is 18.1. The van der Waals surface area contributed by atoms with Gasteiger partial charge in [0.2, 0.25) is 12.7 Å². The second-order valence-electron chi connectivity index (χ2n) is 13.3. The molecule has 4 atom stereocenters. The Morgan fingerprint density at radius 1 is 1.00 bits per heavy atom. The van der Waals surface area contributed by atoms with E-state index in [1.807, 2.05) is 32.8 Å². The first-order valence-corrected chi connectivity index (χ1v) is 17.2. The predicted octanol–water partition coefficient (Wildman–Crippen LogP) is 4.66. The summed E-state index contributed by atoms with van der Waals surface area (Å²) in [6, 6.07) is 9.53. The number of benzene rings is 2. The Morgan fingerprint density at radius 2 is 1.71 bits per heavy atom. The molecule has 0 saturated carbocycles. The average Bonchev–Trinajstić information content (AvgIpc) is 3.53. The highest BCUT2D eigenvalue weighted by Gasteiger charge is 2.31. The van der Waals surface area contributed by atoms with Crippen molar-refractivity contribution in [1.82, 2.24) is 14.7 Å². The summed E-state index contributed by atoms with van der Waals surface area (Å²) in [4.78, 5) is 45.5. The first kappa shape index (κ1) is 37.7. The summed E-state index contributed by atoms with van der Waals surface area (Å²) in [6.07, 6.45) is 2.87. The molecule has 0 unspecified atom stereocenters. The quantitative estimate of drug-likeness (QED) is 0.326. The van der Waals surface area contributed by atoms with E-state index in [-0.39, 0.29) is 56.4 Å². The fraction of sp³-hybridized carbons (Fsp3) is 0.583. The summed E-state index contributed by atoms with van der Waals surface area (Å²) >= 11 is 0. The third kappa shape index (κ3) is 11.0. The third-order valence-corrected chi connectivity index (χ3v) is 8.77. The Labute approximate surface area is 289 Å². The third-order valence-electron chi connectivity index (χ3n) is 8.77. The average molecular weight is 684 g/mol. The number of aliphatic hydroxyl groups excluding tert-OH is 1. The highest BCUT2D eigenvalue weighted by atomic mass is 16.7. The van der Waals surface area contributed by atoms with Crippen molar-refractivity contribution in [3.8, 4) is 17.2 Å². The molecule has 0 aliphatic carbocycles. The predicted molar refractivity (Wildman–Crippen MR) is 188 cm³/mol. The van der Waals surface area contributed by atoms with Crippen LogP contribution in [0.4, 0.5) is 16.2 Å². The number of ether oxygens (including phenoxy) is 4. The van der Waals surface area contributed by atoms with Crippen LogP contribution in [0.15, 0.2) is 36.4 Å². The Morgan fingerprint density at radius 3 is 2.45 bits per heavy atom. The van der Waals surface area contributed by atoms with Crippen molar-refractivity contribution >= 4 is 29.2 Å². The van der Waals surface area contributed by atoms with E-state index in [0.717, 1.165) is 25.8 Å². The topological polar surface area (TPSA) is 142 Å². The zero-order valence-electron chi connectivity index (χ0n) is 29.7. The molecule has 0 spiro atoms. The van der Waals surface area contributed by atoms with Gasteiger partial charge in [0, 0.05) is 56.5 Å². The minimum Gasteiger partial charge on any atom is -0.490 e. The van der Waals surface area contributed by atoms with E-state index in [4.69, 9.17) is 18.9 Å². The molecule has 4 rings (SSSR count). The van der Waals surface area contributed by atoms with Crippen LogP contribution < -0.4 is 24.8 Å². The SMILES string of the molecule is C[C@H]1CCCCO[C@H](CN(C)C(=O)Nc2ccc3c(c2)OCO3)[C@@H](C)CN([C@@H](C)CO)C(=O)c2cc(NC(=O)CCCN(C)C)ccc2O1. The van der Waals surface area contributed by atoms with Crippen LogP contribution in [0, 0.1) is 5.92 Å². The van der Waals surface area contributed by atoms with Crippen LogP contribution in [0.3, 0.4) is 0 Å². The van der Waals surface area contributed by atoms with Gasteiger partial charge in [-0.3, -0.25) is 9.59 Å². The molecule has 270 valence electrons. The van der Waals surface area contributed by atoms with Crippen molar-refractivity contribution in [1.29, 1.82) is 0 Å². The molecular weight excluding hydrogens is 630 g/mol. The number of fused-ring (bicyclic) bond motifs is 2. The van der Waals surface area contributed by atoms with E-state index < -0.39 is 12.1 Å². The van der Waals surface area contributed by atoms with Crippen LogP contribution in [0.5, 0.6) is 17.2 Å². The number of carbonyl (C=O) groups is 3. The Bertz CT molecular complexity index is 1420. The summed E-state index contributed by atoms with van der Waals surface area (Å²) in [5.41, 5.74) is 1.38. The maximum absolute atomic E-state index is 14.3. The lowest BCUT2D eigenvalue weighted by Gasteiger charge is -2.35. The highest BCUT2D eigenvalue weighted by molar-refractivity contribution is 5.99. The molecule has 2 aromatic rings. The van der Waals surface area contributed by atoms with Crippen molar-refractivity contribution in [3.63, 3.8) is 0 Å². The van der Waals surface area contributed by atoms with Crippen molar-refractivity contribution in [2.45, 2.75) is 71.1 Å². The fourth-order valence-corrected chi connectivity index (χ4v) is 5.79. The monoisotopic (exact) mass is 683 g/mol. The molecule has 3 N–H and O–H groups in total. The van der Waals surface area contributed by atoms with Gasteiger partial charge >= 0.3 is 6.03 Å². The summed E-state index contributed by atoms with van der Waals surface area (Å²) in [6.45, 7) is 7.42. The standard InChI is InChI=1S/C36H53N5O8/c1-24-20-41(25(2)22-42)35(44)29-18-27(37-34(43)11-9-16-39(4)5)12-14-30(29)49-26(3)10-7-8-17-46-33(24)21-40(6)36(45)38-28-13-15-31-32(19-28)48-23-47-31/h12-15,18-19,24-26,33,42H,7-11,16-17,20-23H2,1-6H3,(H,37,43)(H,38,45)/t24-,25-,26-,33+/m0/s1. The van der Waals surface area contributed by atoms with E-state index in [2.05, 4.69) is 10.6 Å². The van der Waals surface area contributed by atoms with Gasteiger partial charge in [-0.2, -0.15) is 0 Å². The number of anilines is 2. The molecule has 0 bridgehead atoms. The molecule has 13 nitrogen and oxygen atoms in total. The van der Waals surface area contributed by atoms with Gasteiger partial charge in [-0.15, -0.1) is 0 Å². The zero-order chi connectivity index (χ0) is 35.5. The van der Waals surface area contributed by atoms with Crippen molar-refractivity contribution in [2.24, 2.45) is 5.92 Å². The smallest absolute Gasteiger partial charge is 0.321 e. The van der Waals surface area contributed by atoms with E-state index in [1.165, 1.54) is 0 Å². The molecule has 13 heteroatoms. The van der Waals surface area contributed by atoms with Gasteiger partial charge in [0.25, 0.3) is 5.91 Å². The van der Waals surface area contributed by atoms with Crippen molar-refractivity contribution in [2.75, 3.05) is 71.4 Å². The van der Waals surface area contributed by atoms with Crippen molar-refractivity contribution in [3.05, 3.63) is 42.0 Å². The van der Waals surface area contributed by atoms with Gasteiger partial charge in [-0.1, -0.05) is 6.92 Å². The van der Waals surface area contributed by atoms with Gasteiger partial charge in [-0.05, 0) is 90.5 Å². The Hall–Kier alpha value is -4.07. The molecule has 0 fully saturated rings. The number of hydrogen-bond acceptors (Lipinski definition) is 9. The first-order chi connectivity index (χ1) is 23.4. The van der Waals surface area contributed by atoms with Gasteiger partial charge in [0.1, 0.15) is 5.75 Å². The molecular formula is C36H53N5O8. The number of amides is 4. The Kier molecular flexibility index (Phi) is 13.9. The molecule has 2 heterocycles. The summed E-state index contributed by atoms with van der Waals surface area (Å²) < 4.78 is 23.5. The molecule has 0 aromatic heterocycles. The number of nitrogens with one attached hydrogen (secondary N) is 2. The maximum Gasteiger partial charge on any atom is 0.321 e. The van der Waals surface area contributed by atoms with Crippen LogP contribution in [-0.4, -0.2) is 117 Å². The zero-order valence-corrected chi connectivity index (χ0v) is 29.7. The Balaban J connectivity index is 1.53. The largest absolute Gasteiger partial charge is 0.490 e. The number of rotatable bonds is 10. The van der Waals surface area contributed by atoms with E-state index in [0.29, 0.717) is 53.6 Å². The van der Waals surface area contributed by atoms with Crippen LogP contribution in [-0.2, 0) is 9.53 Å². The summed E-state index contributed by atoms with van der Waals surface area (Å²) in [7, 11) is 5.63. The lowest BCUT2D eigenvalue weighted by molar-refractivity contribution is -0.116. The minimum absolute atomic E-state index is 0.134. The number of hydrogen-bond donors (Lipinski definition) is 3. The van der Waals surface area contributed by atoms with Crippen LogP contribution in [0.2, 0.25) is 0 Å². The summed E-state index contributed by atoms with van der Waals surface area (Å²) in [5.74, 6) is 0.946. The molecule has 0 saturated heterocycles. The van der Waals surface area contributed by atoms with Crippen molar-refractivity contribution < 1.29 is 38.4 Å². The molecule has 2 aliphatic heterocycles. The molecule has 2 aliphatic rings. The van der Waals surface area contributed by atoms with Gasteiger partial charge in [0.05, 0.1) is 30.4 Å². The highest BCUT2D eigenvalue weighted by Crippen LogP contribution is 2.34. The first-order valence-electron chi connectivity index (χ1n) is 17.2. The van der Waals surface area contributed by atoms with Crippen LogP contribution in [0.25, 0.3) is 0 Å².